The van der Waals surface area contributed by atoms with E-state index in [0.717, 1.165) is 18.9 Å². The highest BCUT2D eigenvalue weighted by Gasteiger charge is 2.26. The van der Waals surface area contributed by atoms with E-state index >= 15 is 0 Å². The lowest BCUT2D eigenvalue weighted by molar-refractivity contribution is -0.114. The van der Waals surface area contributed by atoms with Crippen molar-refractivity contribution in [2.75, 3.05) is 30.3 Å². The minimum Gasteiger partial charge on any atom is -0.375 e. The summed E-state index contributed by atoms with van der Waals surface area (Å²) in [6.07, 6.45) is 1.75. The summed E-state index contributed by atoms with van der Waals surface area (Å²) in [5, 5.41) is 5.66. The molecule has 0 aromatic heterocycles. The molecule has 0 unspecified atom stereocenters. The van der Waals surface area contributed by atoms with Gasteiger partial charge in [0.25, 0.3) is 0 Å². The Morgan fingerprint density at radius 1 is 1.11 bits per heavy atom. The Bertz CT molecular complexity index is 929. The van der Waals surface area contributed by atoms with E-state index in [0.29, 0.717) is 24.5 Å². The zero-order valence-electron chi connectivity index (χ0n) is 14.4. The van der Waals surface area contributed by atoms with E-state index in [1.54, 1.807) is 12.1 Å². The second-order valence-electron chi connectivity index (χ2n) is 6.16. The number of rotatable bonds is 6. The molecule has 2 aromatic rings. The maximum absolute atomic E-state index is 13.0. The van der Waals surface area contributed by atoms with Crippen LogP contribution in [-0.4, -0.2) is 38.3 Å². The van der Waals surface area contributed by atoms with Crippen molar-refractivity contribution in [1.82, 2.24) is 4.31 Å². The number of benzene rings is 2. The largest absolute Gasteiger partial charge is 0.375 e. The minimum absolute atomic E-state index is 0.0703. The lowest BCUT2D eigenvalue weighted by atomic mass is 10.3. The quantitative estimate of drug-likeness (QED) is 0.764. The monoisotopic (exact) mass is 411 g/mol. The summed E-state index contributed by atoms with van der Waals surface area (Å²) < 4.78 is 39.4. The zero-order chi connectivity index (χ0) is 19.4. The van der Waals surface area contributed by atoms with Gasteiger partial charge in [-0.15, -0.1) is 0 Å². The molecule has 1 amide bonds. The minimum atomic E-state index is -3.48. The summed E-state index contributed by atoms with van der Waals surface area (Å²) in [5.41, 5.74) is 0.924. The molecule has 1 aliphatic heterocycles. The molecule has 9 heteroatoms. The fourth-order valence-electron chi connectivity index (χ4n) is 2.80. The van der Waals surface area contributed by atoms with Crippen molar-refractivity contribution < 1.29 is 17.6 Å². The standard InChI is InChI=1S/C18H19ClFN3O3S/c19-16-11-13(20)3-8-17(16)21-12-18(24)22-14-4-6-15(7-5-14)27(25,26)23-9-1-2-10-23/h3-8,11,21H,1-2,9-10,12H2,(H,22,24). The third kappa shape index (κ3) is 4.77. The van der Waals surface area contributed by atoms with Crippen LogP contribution in [-0.2, 0) is 14.8 Å². The summed E-state index contributed by atoms with van der Waals surface area (Å²) in [7, 11) is -3.48. The number of carbonyl (C=O) groups is 1. The van der Waals surface area contributed by atoms with Gasteiger partial charge in [0.2, 0.25) is 15.9 Å². The van der Waals surface area contributed by atoms with Gasteiger partial charge in [0, 0.05) is 18.8 Å². The molecule has 0 spiro atoms. The Balaban J connectivity index is 1.58. The van der Waals surface area contributed by atoms with Gasteiger partial charge in [-0.1, -0.05) is 11.6 Å². The molecule has 0 bridgehead atoms. The van der Waals surface area contributed by atoms with E-state index in [4.69, 9.17) is 11.6 Å². The molecule has 1 saturated heterocycles. The van der Waals surface area contributed by atoms with Gasteiger partial charge in [-0.05, 0) is 55.3 Å². The molecule has 6 nitrogen and oxygen atoms in total. The molecule has 1 heterocycles. The summed E-state index contributed by atoms with van der Waals surface area (Å²) in [5.74, 6) is -0.801. The number of amides is 1. The second kappa shape index (κ2) is 8.24. The van der Waals surface area contributed by atoms with Gasteiger partial charge in [-0.2, -0.15) is 4.31 Å². The van der Waals surface area contributed by atoms with Crippen LogP contribution in [0.3, 0.4) is 0 Å². The van der Waals surface area contributed by atoms with Crippen LogP contribution in [0.1, 0.15) is 12.8 Å². The highest BCUT2D eigenvalue weighted by Crippen LogP contribution is 2.23. The average molecular weight is 412 g/mol. The van der Waals surface area contributed by atoms with E-state index in [2.05, 4.69) is 10.6 Å². The lowest BCUT2D eigenvalue weighted by Gasteiger charge is -2.15. The number of nitrogens with zero attached hydrogens (tertiary/aromatic N) is 1. The van der Waals surface area contributed by atoms with Crippen molar-refractivity contribution in [3.63, 3.8) is 0 Å². The van der Waals surface area contributed by atoms with Gasteiger partial charge < -0.3 is 10.6 Å². The third-order valence-electron chi connectivity index (χ3n) is 4.21. The molecular weight excluding hydrogens is 393 g/mol. The van der Waals surface area contributed by atoms with Crippen LogP contribution >= 0.6 is 11.6 Å². The molecule has 1 fully saturated rings. The number of halogens is 2. The summed E-state index contributed by atoms with van der Waals surface area (Å²) in [4.78, 5) is 12.2. The highest BCUT2D eigenvalue weighted by molar-refractivity contribution is 7.89. The van der Waals surface area contributed by atoms with Crippen molar-refractivity contribution in [3.05, 3.63) is 53.3 Å². The second-order valence-corrected chi connectivity index (χ2v) is 8.51. The van der Waals surface area contributed by atoms with Crippen molar-refractivity contribution in [1.29, 1.82) is 0 Å². The first-order valence-corrected chi connectivity index (χ1v) is 10.3. The van der Waals surface area contributed by atoms with Crippen LogP contribution in [0.15, 0.2) is 47.4 Å². The highest BCUT2D eigenvalue weighted by atomic mass is 35.5. The van der Waals surface area contributed by atoms with Crippen molar-refractivity contribution in [3.8, 4) is 0 Å². The van der Waals surface area contributed by atoms with Crippen molar-refractivity contribution in [2.24, 2.45) is 0 Å². The third-order valence-corrected chi connectivity index (χ3v) is 6.44. The summed E-state index contributed by atoms with van der Waals surface area (Å²) >= 11 is 5.89. The van der Waals surface area contributed by atoms with E-state index < -0.39 is 15.8 Å². The maximum Gasteiger partial charge on any atom is 0.243 e. The molecule has 1 aliphatic rings. The lowest BCUT2D eigenvalue weighted by Crippen LogP contribution is -2.27. The Morgan fingerprint density at radius 3 is 2.41 bits per heavy atom. The first-order chi connectivity index (χ1) is 12.9. The number of carbonyl (C=O) groups excluding carboxylic acids is 1. The van der Waals surface area contributed by atoms with Crippen molar-refractivity contribution >= 4 is 38.9 Å². The summed E-state index contributed by atoms with van der Waals surface area (Å²) in [6.45, 7) is 1.01. The van der Waals surface area contributed by atoms with Gasteiger partial charge >= 0.3 is 0 Å². The fourth-order valence-corrected chi connectivity index (χ4v) is 4.55. The molecular formula is C18H19ClFN3O3S. The van der Waals surface area contributed by atoms with E-state index in [-0.39, 0.29) is 22.4 Å². The maximum atomic E-state index is 13.0. The van der Waals surface area contributed by atoms with Crippen LogP contribution in [0, 0.1) is 5.82 Å². The van der Waals surface area contributed by atoms with Gasteiger partial charge in [0.15, 0.2) is 0 Å². The SMILES string of the molecule is O=C(CNc1ccc(F)cc1Cl)Nc1ccc(S(=O)(=O)N2CCCC2)cc1. The van der Waals surface area contributed by atoms with Crippen LogP contribution in [0.4, 0.5) is 15.8 Å². The fraction of sp³-hybridized carbons (Fsp3) is 0.278. The Morgan fingerprint density at radius 2 is 1.78 bits per heavy atom. The molecule has 3 rings (SSSR count). The number of sulfonamides is 1. The van der Waals surface area contributed by atoms with Gasteiger partial charge in [0.1, 0.15) is 5.82 Å². The topological polar surface area (TPSA) is 78.5 Å². The zero-order valence-corrected chi connectivity index (χ0v) is 16.0. The van der Waals surface area contributed by atoms with E-state index in [1.165, 1.54) is 28.6 Å². The number of anilines is 2. The van der Waals surface area contributed by atoms with Crippen LogP contribution in [0.5, 0.6) is 0 Å². The molecule has 2 N–H and O–H groups in total. The van der Waals surface area contributed by atoms with Crippen LogP contribution in [0.25, 0.3) is 0 Å². The molecule has 144 valence electrons. The molecule has 0 saturated carbocycles. The number of hydrogen-bond acceptors (Lipinski definition) is 4. The Labute approximate surface area is 162 Å². The molecule has 2 aromatic carbocycles. The van der Waals surface area contributed by atoms with E-state index in [1.807, 2.05) is 0 Å². The Hall–Kier alpha value is -2.16. The molecule has 27 heavy (non-hydrogen) atoms. The van der Waals surface area contributed by atoms with Crippen LogP contribution < -0.4 is 10.6 Å². The van der Waals surface area contributed by atoms with E-state index in [9.17, 15) is 17.6 Å². The smallest absolute Gasteiger partial charge is 0.243 e. The van der Waals surface area contributed by atoms with Gasteiger partial charge in [-0.3, -0.25) is 4.79 Å². The molecule has 0 radical (unpaired) electrons. The van der Waals surface area contributed by atoms with Gasteiger partial charge in [0.05, 0.1) is 22.2 Å². The molecule has 0 atom stereocenters. The van der Waals surface area contributed by atoms with Crippen LogP contribution in [0.2, 0.25) is 5.02 Å². The Kier molecular flexibility index (Phi) is 5.98. The van der Waals surface area contributed by atoms with Crippen molar-refractivity contribution in [2.45, 2.75) is 17.7 Å². The molecule has 0 aliphatic carbocycles. The average Bonchev–Trinajstić information content (AvgIpc) is 3.17. The number of hydrogen-bond donors (Lipinski definition) is 2. The normalized spacial score (nSPS) is 14.9. The predicted molar refractivity (Wildman–Crippen MR) is 103 cm³/mol. The van der Waals surface area contributed by atoms with Gasteiger partial charge in [-0.25, -0.2) is 12.8 Å². The predicted octanol–water partition coefficient (Wildman–Crippen LogP) is 3.31. The summed E-state index contributed by atoms with van der Waals surface area (Å²) in [6, 6.07) is 9.90. The first-order valence-electron chi connectivity index (χ1n) is 8.45. The first kappa shape index (κ1) is 19.6. The number of nitrogens with one attached hydrogen (secondary N) is 2.